The molecule has 0 radical (unpaired) electrons. The fourth-order valence-electron chi connectivity index (χ4n) is 6.41. The van der Waals surface area contributed by atoms with Crippen molar-refractivity contribution in [3.05, 3.63) is 73.9 Å². The fourth-order valence-corrected chi connectivity index (χ4v) is 6.99. The van der Waals surface area contributed by atoms with Crippen molar-refractivity contribution in [1.29, 1.82) is 0 Å². The van der Waals surface area contributed by atoms with Gasteiger partial charge in [0.15, 0.2) is 5.82 Å². The third-order valence-electron chi connectivity index (χ3n) is 8.42. The number of hydrogen-bond donors (Lipinski definition) is 1. The molecule has 1 N–H and O–H groups in total. The molecule has 13 heteroatoms. The lowest BCUT2D eigenvalue weighted by Crippen LogP contribution is -2.45. The van der Waals surface area contributed by atoms with Crippen molar-refractivity contribution in [2.24, 2.45) is 0 Å². The Labute approximate surface area is 247 Å². The molecule has 3 atom stereocenters. The van der Waals surface area contributed by atoms with Crippen LogP contribution < -0.4 is 10.7 Å². The minimum absolute atomic E-state index is 0.0235. The number of halogens is 5. The highest BCUT2D eigenvalue weighted by Gasteiger charge is 2.43. The van der Waals surface area contributed by atoms with Crippen LogP contribution in [0, 0.1) is 0 Å². The van der Waals surface area contributed by atoms with Gasteiger partial charge in [-0.25, -0.2) is 4.79 Å². The second-order valence-corrected chi connectivity index (χ2v) is 11.9. The van der Waals surface area contributed by atoms with Crippen molar-refractivity contribution in [3.8, 4) is 22.6 Å². The first kappa shape index (κ1) is 27.5. The van der Waals surface area contributed by atoms with Gasteiger partial charge in [0.1, 0.15) is 11.5 Å². The van der Waals surface area contributed by atoms with Crippen LogP contribution in [-0.4, -0.2) is 33.5 Å². The van der Waals surface area contributed by atoms with E-state index in [-0.39, 0.29) is 36.2 Å². The van der Waals surface area contributed by atoms with Crippen LogP contribution in [0.15, 0.2) is 50.2 Å². The first-order chi connectivity index (χ1) is 20.2. The highest BCUT2D eigenvalue weighted by Crippen LogP contribution is 2.47. The molecule has 8 nitrogen and oxygen atoms in total. The molecule has 1 aliphatic carbocycles. The Morgan fingerprint density at radius 1 is 1.00 bits per heavy atom. The van der Waals surface area contributed by atoms with Crippen LogP contribution in [0.25, 0.3) is 22.6 Å². The summed E-state index contributed by atoms with van der Waals surface area (Å²) in [6.07, 6.45) is 0.345. The molecule has 7 rings (SSSR count). The van der Waals surface area contributed by atoms with E-state index in [4.69, 9.17) is 32.5 Å². The normalized spacial score (nSPS) is 22.2. The summed E-state index contributed by atoms with van der Waals surface area (Å²) in [6, 6.07) is 9.45. The number of piperidine rings is 1. The maximum Gasteiger partial charge on any atom is 0.439 e. The number of ether oxygens (including phenoxy) is 1. The fraction of sp³-hybridized carbons (Fsp3) is 0.414. The van der Waals surface area contributed by atoms with Gasteiger partial charge in [-0.2, -0.15) is 13.2 Å². The van der Waals surface area contributed by atoms with Crippen molar-refractivity contribution in [1.82, 2.24) is 15.3 Å². The average Bonchev–Trinajstić information content (AvgIpc) is 3.47. The topological polar surface area (TPSA) is 97.4 Å². The molecule has 2 aromatic heterocycles. The summed E-state index contributed by atoms with van der Waals surface area (Å²) >= 11 is 13.0. The van der Waals surface area contributed by atoms with E-state index in [1.807, 2.05) is 0 Å². The second kappa shape index (κ2) is 10.5. The number of nitrogens with one attached hydrogen (secondary N) is 1. The van der Waals surface area contributed by atoms with E-state index in [2.05, 4.69) is 24.7 Å². The lowest BCUT2D eigenvalue weighted by Gasteiger charge is -2.40. The molecule has 4 heterocycles. The predicted molar refractivity (Wildman–Crippen MR) is 149 cm³/mol. The third kappa shape index (κ3) is 5.01. The number of benzene rings is 2. The summed E-state index contributed by atoms with van der Waals surface area (Å²) in [5.74, 6) is -0.0785. The van der Waals surface area contributed by atoms with Gasteiger partial charge in [0.2, 0.25) is 0 Å². The predicted octanol–water partition coefficient (Wildman–Crippen LogP) is 7.60. The van der Waals surface area contributed by atoms with E-state index < -0.39 is 17.5 Å². The van der Waals surface area contributed by atoms with Crippen molar-refractivity contribution in [2.75, 3.05) is 4.90 Å². The molecular weight excluding hydrogens is 596 g/mol. The minimum atomic E-state index is -4.65. The van der Waals surface area contributed by atoms with Crippen LogP contribution in [0.4, 0.5) is 18.9 Å². The first-order valence-corrected chi connectivity index (χ1v) is 14.5. The minimum Gasteiger partial charge on any atom is -0.373 e. The van der Waals surface area contributed by atoms with Crippen LogP contribution >= 0.6 is 23.2 Å². The molecule has 1 unspecified atom stereocenters. The molecule has 0 amide bonds. The van der Waals surface area contributed by atoms with E-state index in [9.17, 15) is 18.0 Å². The highest BCUT2D eigenvalue weighted by molar-refractivity contribution is 6.39. The van der Waals surface area contributed by atoms with E-state index in [0.717, 1.165) is 43.1 Å². The molecule has 0 spiro atoms. The molecule has 42 heavy (non-hydrogen) atoms. The van der Waals surface area contributed by atoms with E-state index in [1.165, 1.54) is 6.07 Å². The number of hydrogen-bond acceptors (Lipinski definition) is 7. The molecule has 4 aromatic rings. The van der Waals surface area contributed by atoms with Crippen LogP contribution in [0.3, 0.4) is 0 Å². The molecular formula is C29H25Cl2F3N4O4. The zero-order valence-electron chi connectivity index (χ0n) is 22.1. The molecule has 220 valence electrons. The number of H-pyrrole nitrogens is 1. The maximum absolute atomic E-state index is 14.1. The lowest BCUT2D eigenvalue weighted by molar-refractivity contribution is -0.137. The summed E-state index contributed by atoms with van der Waals surface area (Å²) in [5, 5.41) is 8.74. The number of rotatable bonds is 7. The Bertz CT molecular complexity index is 1660. The Morgan fingerprint density at radius 3 is 2.33 bits per heavy atom. The summed E-state index contributed by atoms with van der Waals surface area (Å²) < 4.78 is 58.9. The van der Waals surface area contributed by atoms with Crippen molar-refractivity contribution < 1.29 is 27.0 Å². The SMILES string of the molecule is O=c1[nH]c(-c2ccc(N3[C@@H]4CC[C@H]3CC(OCc3c(-c5c(Cl)cccc5Cl)noc3C3CC3)C4)cc2C(F)(F)F)no1. The standard InChI is InChI=1S/C29H25Cl2F3N4O4/c30-22-2-1-3-23(31)24(22)25-20(26(41-36-25)14-4-5-14)13-40-18-10-15-6-7-16(11-18)38(15)17-8-9-19(21(12-17)29(32,33)34)27-35-28(39)42-37-27/h1-3,8-9,12,14-16,18H,4-7,10-11,13H2,(H,35,37,39)/t15-,16+,18?. The van der Waals surface area contributed by atoms with Crippen LogP contribution in [0.5, 0.6) is 0 Å². The molecule has 2 bridgehead atoms. The van der Waals surface area contributed by atoms with Crippen LogP contribution in [0.1, 0.15) is 61.3 Å². The van der Waals surface area contributed by atoms with Gasteiger partial charge in [-0.05, 0) is 68.9 Å². The largest absolute Gasteiger partial charge is 0.439 e. The second-order valence-electron chi connectivity index (χ2n) is 11.1. The molecule has 3 fully saturated rings. The summed E-state index contributed by atoms with van der Waals surface area (Å²) in [5.41, 5.74) is 1.40. The van der Waals surface area contributed by atoms with E-state index >= 15 is 0 Å². The van der Waals surface area contributed by atoms with E-state index in [0.29, 0.717) is 45.7 Å². The molecule has 2 saturated heterocycles. The van der Waals surface area contributed by atoms with Gasteiger partial charge in [-0.15, -0.1) is 0 Å². The van der Waals surface area contributed by atoms with Gasteiger partial charge in [-0.1, -0.05) is 39.6 Å². The van der Waals surface area contributed by atoms with Crippen molar-refractivity contribution in [3.63, 3.8) is 0 Å². The Morgan fingerprint density at radius 2 is 1.71 bits per heavy atom. The molecule has 3 aliphatic rings. The quantitative estimate of drug-likeness (QED) is 0.227. The first-order valence-electron chi connectivity index (χ1n) is 13.8. The Hall–Kier alpha value is -3.28. The van der Waals surface area contributed by atoms with Crippen molar-refractivity contribution >= 4 is 28.9 Å². The lowest BCUT2D eigenvalue weighted by atomic mass is 9.97. The number of anilines is 1. The number of aromatic nitrogens is 3. The smallest absolute Gasteiger partial charge is 0.373 e. The van der Waals surface area contributed by atoms with Gasteiger partial charge in [-0.3, -0.25) is 9.51 Å². The highest BCUT2D eigenvalue weighted by atomic mass is 35.5. The molecule has 2 aromatic carbocycles. The zero-order chi connectivity index (χ0) is 29.2. The van der Waals surface area contributed by atoms with Gasteiger partial charge < -0.3 is 14.2 Å². The number of aromatic amines is 1. The number of fused-ring (bicyclic) bond motifs is 2. The van der Waals surface area contributed by atoms with Crippen LogP contribution in [-0.2, 0) is 17.5 Å². The number of alkyl halides is 3. The average molecular weight is 621 g/mol. The monoisotopic (exact) mass is 620 g/mol. The number of nitrogens with zero attached hydrogens (tertiary/aromatic N) is 3. The van der Waals surface area contributed by atoms with Gasteiger partial charge in [0, 0.05) is 40.4 Å². The maximum atomic E-state index is 14.1. The summed E-state index contributed by atoms with van der Waals surface area (Å²) in [7, 11) is 0. The molecule has 2 aliphatic heterocycles. The Kier molecular flexibility index (Phi) is 6.86. The Balaban J connectivity index is 1.11. The van der Waals surface area contributed by atoms with Crippen molar-refractivity contribution in [2.45, 2.75) is 75.4 Å². The van der Waals surface area contributed by atoms with Gasteiger partial charge in [0.25, 0.3) is 0 Å². The van der Waals surface area contributed by atoms with Crippen LogP contribution in [0.2, 0.25) is 10.0 Å². The zero-order valence-corrected chi connectivity index (χ0v) is 23.6. The van der Waals surface area contributed by atoms with Gasteiger partial charge in [0.05, 0.1) is 28.3 Å². The molecule has 1 saturated carbocycles. The summed E-state index contributed by atoms with van der Waals surface area (Å²) in [4.78, 5) is 15.7. The summed E-state index contributed by atoms with van der Waals surface area (Å²) in [6.45, 7) is 0.277. The van der Waals surface area contributed by atoms with E-state index in [1.54, 1.807) is 24.3 Å². The van der Waals surface area contributed by atoms with Gasteiger partial charge >= 0.3 is 11.9 Å². The third-order valence-corrected chi connectivity index (χ3v) is 9.05.